The minimum Gasteiger partial charge on any atom is -0.497 e. The van der Waals surface area contributed by atoms with Crippen molar-refractivity contribution in [1.29, 1.82) is 0 Å². The van der Waals surface area contributed by atoms with E-state index in [0.29, 0.717) is 12.0 Å². The number of ether oxygens (including phenoxy) is 1. The van der Waals surface area contributed by atoms with Gasteiger partial charge in [-0.1, -0.05) is 51.3 Å². The summed E-state index contributed by atoms with van der Waals surface area (Å²) in [5.41, 5.74) is 1.67. The Bertz CT molecular complexity index is 1020. The molecule has 0 bridgehead atoms. The van der Waals surface area contributed by atoms with Gasteiger partial charge in [0.15, 0.2) is 5.78 Å². The quantitative estimate of drug-likeness (QED) is 0.634. The smallest absolute Gasteiger partial charge is 0.318 e. The first-order valence-electron chi connectivity index (χ1n) is 12.2. The number of hydrogen-bond donors (Lipinski definition) is 1. The predicted octanol–water partition coefficient (Wildman–Crippen LogP) is 5.04. The Morgan fingerprint density at radius 1 is 1.15 bits per heavy atom. The molecule has 1 saturated carbocycles. The summed E-state index contributed by atoms with van der Waals surface area (Å²) >= 11 is 0. The molecule has 1 unspecified atom stereocenters. The van der Waals surface area contributed by atoms with Gasteiger partial charge in [0.2, 0.25) is 0 Å². The number of likely N-dealkylation sites (tertiary alicyclic amines) is 1. The van der Waals surface area contributed by atoms with Gasteiger partial charge in [-0.15, -0.1) is 0 Å². The third-order valence-corrected chi connectivity index (χ3v) is 7.22. The molecule has 2 aliphatic rings. The molecule has 1 atom stereocenters. The van der Waals surface area contributed by atoms with Crippen LogP contribution in [-0.2, 0) is 11.2 Å². The largest absolute Gasteiger partial charge is 0.497 e. The number of amides is 2. The molecule has 1 saturated heterocycles. The van der Waals surface area contributed by atoms with Crippen molar-refractivity contribution in [2.75, 3.05) is 13.7 Å². The van der Waals surface area contributed by atoms with Gasteiger partial charge in [0.1, 0.15) is 5.75 Å². The predicted molar refractivity (Wildman–Crippen MR) is 134 cm³/mol. The van der Waals surface area contributed by atoms with E-state index in [9.17, 15) is 9.59 Å². The topological polar surface area (TPSA) is 71.5 Å². The second-order valence-electron chi connectivity index (χ2n) is 9.96. The number of Topliss-reactive ketones (excluding diaryl/α,β-unsaturated/α-hetero) is 1. The molecule has 2 heterocycles. The van der Waals surface area contributed by atoms with Crippen molar-refractivity contribution in [2.24, 2.45) is 5.41 Å². The van der Waals surface area contributed by atoms with Crippen molar-refractivity contribution in [3.63, 3.8) is 0 Å². The van der Waals surface area contributed by atoms with Crippen molar-refractivity contribution in [3.05, 3.63) is 65.5 Å². The van der Waals surface area contributed by atoms with E-state index in [1.807, 2.05) is 67.3 Å². The molecule has 1 N–H and O–H groups in total. The molecule has 34 heavy (non-hydrogen) atoms. The summed E-state index contributed by atoms with van der Waals surface area (Å²) in [6, 6.07) is 13.3. The summed E-state index contributed by atoms with van der Waals surface area (Å²) in [4.78, 5) is 33.5. The lowest BCUT2D eigenvalue weighted by atomic mass is 9.71. The number of benzene rings is 1. The number of aromatic nitrogens is 1. The maximum absolute atomic E-state index is 13.6. The maximum Gasteiger partial charge on any atom is 0.318 e. The monoisotopic (exact) mass is 461 g/mol. The van der Waals surface area contributed by atoms with Gasteiger partial charge >= 0.3 is 6.03 Å². The zero-order valence-electron chi connectivity index (χ0n) is 20.4. The van der Waals surface area contributed by atoms with Crippen LogP contribution in [0.2, 0.25) is 0 Å². The third kappa shape index (κ3) is 5.32. The zero-order chi connectivity index (χ0) is 24.1. The maximum atomic E-state index is 13.6. The molecule has 2 amide bonds. The highest BCUT2D eigenvalue weighted by molar-refractivity contribution is 6.05. The van der Waals surface area contributed by atoms with Crippen LogP contribution in [0, 0.1) is 5.41 Å². The van der Waals surface area contributed by atoms with Crippen LogP contribution in [0.3, 0.4) is 0 Å². The van der Waals surface area contributed by atoms with Gasteiger partial charge in [0, 0.05) is 23.2 Å². The van der Waals surface area contributed by atoms with E-state index in [2.05, 4.69) is 10.3 Å². The Morgan fingerprint density at radius 2 is 1.88 bits per heavy atom. The number of urea groups is 1. The summed E-state index contributed by atoms with van der Waals surface area (Å²) in [6.45, 7) is 4.18. The van der Waals surface area contributed by atoms with Crippen LogP contribution in [-0.4, -0.2) is 47.4 Å². The van der Waals surface area contributed by atoms with E-state index in [1.165, 1.54) is 6.42 Å². The second-order valence-corrected chi connectivity index (χ2v) is 9.96. The van der Waals surface area contributed by atoms with Crippen LogP contribution in [0.5, 0.6) is 5.75 Å². The lowest BCUT2D eigenvalue weighted by Gasteiger charge is -2.46. The standard InChI is InChI=1S/C28H35N3O3/c1-28(2)25(17-20-12-14-24(34-3)15-13-20)31(27(33)30-22-9-5-4-6-10-22)19-21(26(28)32)18-23-11-7-8-16-29-23/h7-8,11-16,18,22,25H,4-6,9-10,17,19H2,1-3H3,(H,30,33). The molecule has 2 aromatic rings. The summed E-state index contributed by atoms with van der Waals surface area (Å²) in [5.74, 6) is 0.855. The lowest BCUT2D eigenvalue weighted by Crippen LogP contribution is -2.61. The van der Waals surface area contributed by atoms with E-state index >= 15 is 0 Å². The molecular formula is C28H35N3O3. The number of ketones is 1. The summed E-state index contributed by atoms with van der Waals surface area (Å²) in [6.07, 6.45) is 9.69. The van der Waals surface area contributed by atoms with E-state index in [-0.39, 0.29) is 30.4 Å². The van der Waals surface area contributed by atoms with Crippen LogP contribution < -0.4 is 10.1 Å². The van der Waals surface area contributed by atoms with E-state index in [4.69, 9.17) is 4.74 Å². The summed E-state index contributed by atoms with van der Waals surface area (Å²) < 4.78 is 5.29. The zero-order valence-corrected chi connectivity index (χ0v) is 20.4. The Kier molecular flexibility index (Phi) is 7.35. The second kappa shape index (κ2) is 10.4. The van der Waals surface area contributed by atoms with E-state index in [0.717, 1.165) is 42.7 Å². The number of nitrogens with zero attached hydrogens (tertiary/aromatic N) is 2. The normalized spacial score (nSPS) is 22.0. The number of methoxy groups -OCH3 is 1. The summed E-state index contributed by atoms with van der Waals surface area (Å²) in [5, 5.41) is 3.27. The average Bonchev–Trinajstić information content (AvgIpc) is 2.85. The van der Waals surface area contributed by atoms with Crippen molar-refractivity contribution in [1.82, 2.24) is 15.2 Å². The van der Waals surface area contributed by atoms with Crippen molar-refractivity contribution in [3.8, 4) is 5.75 Å². The fraction of sp³-hybridized carbons (Fsp3) is 0.464. The van der Waals surface area contributed by atoms with Crippen molar-refractivity contribution in [2.45, 2.75) is 64.5 Å². The Hall–Kier alpha value is -3.15. The van der Waals surface area contributed by atoms with Crippen molar-refractivity contribution >= 4 is 17.9 Å². The molecule has 1 aromatic heterocycles. The Labute approximate surface area is 202 Å². The molecule has 0 spiro atoms. The highest BCUT2D eigenvalue weighted by Crippen LogP contribution is 2.37. The number of nitrogens with one attached hydrogen (secondary N) is 1. The molecule has 1 aliphatic heterocycles. The van der Waals surface area contributed by atoms with Crippen LogP contribution >= 0.6 is 0 Å². The molecule has 6 nitrogen and oxygen atoms in total. The van der Waals surface area contributed by atoms with E-state index in [1.54, 1.807) is 13.3 Å². The average molecular weight is 462 g/mol. The first-order valence-corrected chi connectivity index (χ1v) is 12.2. The first-order chi connectivity index (χ1) is 16.4. The lowest BCUT2D eigenvalue weighted by molar-refractivity contribution is -0.128. The number of carbonyl (C=O) groups excluding carboxylic acids is 2. The van der Waals surface area contributed by atoms with Gasteiger partial charge in [-0.3, -0.25) is 9.78 Å². The van der Waals surface area contributed by atoms with Crippen molar-refractivity contribution < 1.29 is 14.3 Å². The first kappa shape index (κ1) is 24.0. The summed E-state index contributed by atoms with van der Waals surface area (Å²) in [7, 11) is 1.64. The highest BCUT2D eigenvalue weighted by atomic mass is 16.5. The number of piperidine rings is 1. The fourth-order valence-corrected chi connectivity index (χ4v) is 5.14. The van der Waals surface area contributed by atoms with Gasteiger partial charge in [-0.2, -0.15) is 0 Å². The third-order valence-electron chi connectivity index (χ3n) is 7.22. The number of hydrogen-bond acceptors (Lipinski definition) is 4. The van der Waals surface area contributed by atoms with Gasteiger partial charge in [0.05, 0.1) is 25.4 Å². The van der Waals surface area contributed by atoms with Gasteiger partial charge < -0.3 is 15.0 Å². The fourth-order valence-electron chi connectivity index (χ4n) is 5.14. The minimum absolute atomic E-state index is 0.0679. The molecule has 0 radical (unpaired) electrons. The van der Waals surface area contributed by atoms with Crippen LogP contribution in [0.4, 0.5) is 4.79 Å². The molecule has 6 heteroatoms. The van der Waals surface area contributed by atoms with Gasteiger partial charge in [-0.25, -0.2) is 4.79 Å². The Balaban J connectivity index is 1.65. The molecule has 4 rings (SSSR count). The minimum atomic E-state index is -0.747. The van der Waals surface area contributed by atoms with Crippen LogP contribution in [0.25, 0.3) is 6.08 Å². The van der Waals surface area contributed by atoms with Gasteiger partial charge in [0.25, 0.3) is 0 Å². The van der Waals surface area contributed by atoms with Crippen LogP contribution in [0.15, 0.2) is 54.2 Å². The SMILES string of the molecule is COc1ccc(CC2N(C(=O)NC3CCCCC3)CC(=Cc3ccccn3)C(=O)C2(C)C)cc1. The Morgan fingerprint density at radius 3 is 2.53 bits per heavy atom. The van der Waals surface area contributed by atoms with Gasteiger partial charge in [-0.05, 0) is 55.2 Å². The highest BCUT2D eigenvalue weighted by Gasteiger charge is 2.47. The van der Waals surface area contributed by atoms with Crippen LogP contribution in [0.1, 0.15) is 57.2 Å². The number of carbonyl (C=O) groups is 2. The number of pyridine rings is 1. The molecule has 1 aliphatic carbocycles. The molecule has 1 aromatic carbocycles. The molecular weight excluding hydrogens is 426 g/mol. The van der Waals surface area contributed by atoms with E-state index < -0.39 is 5.41 Å². The molecule has 180 valence electrons. The molecule has 2 fully saturated rings. The number of rotatable bonds is 5.